The van der Waals surface area contributed by atoms with Crippen molar-refractivity contribution < 1.29 is 0 Å². The molecule has 0 fully saturated rings. The van der Waals surface area contributed by atoms with E-state index in [4.69, 9.17) is 11.6 Å². The molecule has 5 heteroatoms. The normalized spacial score (nSPS) is 13.0. The van der Waals surface area contributed by atoms with Gasteiger partial charge in [0, 0.05) is 30.0 Å². The predicted octanol–water partition coefficient (Wildman–Crippen LogP) is 4.44. The first-order chi connectivity index (χ1) is 11.8. The van der Waals surface area contributed by atoms with E-state index < -0.39 is 0 Å². The van der Waals surface area contributed by atoms with Crippen LogP contribution in [0.4, 0.5) is 17.5 Å². The third kappa shape index (κ3) is 2.93. The molecule has 1 N–H and O–H groups in total. The molecule has 0 radical (unpaired) electrons. The molecule has 0 bridgehead atoms. The van der Waals surface area contributed by atoms with E-state index in [1.165, 1.54) is 11.3 Å². The van der Waals surface area contributed by atoms with Gasteiger partial charge in [-0.05, 0) is 35.7 Å². The molecule has 0 atom stereocenters. The van der Waals surface area contributed by atoms with E-state index >= 15 is 0 Å². The van der Waals surface area contributed by atoms with E-state index in [9.17, 15) is 0 Å². The number of nitrogens with zero attached hydrogens (tertiary/aromatic N) is 3. The number of fused-ring (bicyclic) bond motifs is 1. The van der Waals surface area contributed by atoms with Crippen molar-refractivity contribution in [2.24, 2.45) is 0 Å². The Morgan fingerprint density at radius 1 is 1.04 bits per heavy atom. The average molecular weight is 337 g/mol. The number of para-hydroxylation sites is 1. The quantitative estimate of drug-likeness (QED) is 0.765. The Morgan fingerprint density at radius 3 is 2.79 bits per heavy atom. The first-order valence-electron chi connectivity index (χ1n) is 7.97. The van der Waals surface area contributed by atoms with Crippen molar-refractivity contribution in [2.45, 2.75) is 13.0 Å². The number of hydrogen-bond donors (Lipinski definition) is 1. The minimum atomic E-state index is 0.597. The summed E-state index contributed by atoms with van der Waals surface area (Å²) in [5.74, 6) is 1.52. The summed E-state index contributed by atoms with van der Waals surface area (Å²) in [6.07, 6.45) is 2.83. The van der Waals surface area contributed by atoms with Crippen LogP contribution in [-0.4, -0.2) is 16.5 Å². The highest BCUT2D eigenvalue weighted by molar-refractivity contribution is 6.31. The smallest absolute Gasteiger partial charge is 0.224 e. The minimum Gasteiger partial charge on any atom is -0.350 e. The van der Waals surface area contributed by atoms with Crippen LogP contribution in [-0.2, 0) is 13.0 Å². The van der Waals surface area contributed by atoms with E-state index in [0.717, 1.165) is 29.4 Å². The summed E-state index contributed by atoms with van der Waals surface area (Å²) in [5, 5.41) is 4.00. The SMILES string of the molecule is Clc1ccccc1CNc1nccc(N2CCc3ccccc32)n1. The van der Waals surface area contributed by atoms with Crippen molar-refractivity contribution in [1.29, 1.82) is 0 Å². The van der Waals surface area contributed by atoms with Crippen LogP contribution in [0, 0.1) is 0 Å². The Balaban J connectivity index is 1.54. The van der Waals surface area contributed by atoms with Crippen molar-refractivity contribution in [3.05, 3.63) is 76.9 Å². The Kier molecular flexibility index (Phi) is 4.05. The van der Waals surface area contributed by atoms with Crippen LogP contribution in [0.1, 0.15) is 11.1 Å². The van der Waals surface area contributed by atoms with E-state index in [1.807, 2.05) is 30.3 Å². The second kappa shape index (κ2) is 6.49. The third-order valence-corrected chi connectivity index (χ3v) is 4.57. The zero-order valence-electron chi connectivity index (χ0n) is 13.1. The van der Waals surface area contributed by atoms with Crippen LogP contribution in [0.25, 0.3) is 0 Å². The van der Waals surface area contributed by atoms with Gasteiger partial charge in [-0.1, -0.05) is 48.0 Å². The lowest BCUT2D eigenvalue weighted by molar-refractivity contribution is 0.957. The van der Waals surface area contributed by atoms with Crippen LogP contribution in [0.15, 0.2) is 60.8 Å². The third-order valence-electron chi connectivity index (χ3n) is 4.20. The molecule has 1 aliphatic heterocycles. The van der Waals surface area contributed by atoms with Gasteiger partial charge in [0.2, 0.25) is 5.95 Å². The highest BCUT2D eigenvalue weighted by Crippen LogP contribution is 2.33. The largest absolute Gasteiger partial charge is 0.350 e. The maximum absolute atomic E-state index is 6.19. The van der Waals surface area contributed by atoms with Gasteiger partial charge in [0.05, 0.1) is 0 Å². The van der Waals surface area contributed by atoms with Crippen molar-refractivity contribution in [3.8, 4) is 0 Å². The lowest BCUT2D eigenvalue weighted by Gasteiger charge is -2.18. The summed E-state index contributed by atoms with van der Waals surface area (Å²) in [4.78, 5) is 11.2. The number of benzene rings is 2. The molecule has 0 saturated carbocycles. The Bertz CT molecular complexity index is 865. The second-order valence-electron chi connectivity index (χ2n) is 5.71. The van der Waals surface area contributed by atoms with Crippen molar-refractivity contribution in [1.82, 2.24) is 9.97 Å². The van der Waals surface area contributed by atoms with E-state index in [-0.39, 0.29) is 0 Å². The molecule has 3 aromatic rings. The molecule has 0 amide bonds. The molecular formula is C19H17ClN4. The number of nitrogens with one attached hydrogen (secondary N) is 1. The van der Waals surface area contributed by atoms with Crippen LogP contribution in [0.5, 0.6) is 0 Å². The summed E-state index contributed by atoms with van der Waals surface area (Å²) in [5.41, 5.74) is 3.62. The summed E-state index contributed by atoms with van der Waals surface area (Å²) in [6.45, 7) is 1.54. The number of hydrogen-bond acceptors (Lipinski definition) is 4. The Hall–Kier alpha value is -2.59. The summed E-state index contributed by atoms with van der Waals surface area (Å²) in [7, 11) is 0. The molecule has 4 rings (SSSR count). The zero-order chi connectivity index (χ0) is 16.4. The van der Waals surface area contributed by atoms with E-state index in [1.54, 1.807) is 6.20 Å². The minimum absolute atomic E-state index is 0.597. The van der Waals surface area contributed by atoms with Gasteiger partial charge in [0.15, 0.2) is 0 Å². The highest BCUT2D eigenvalue weighted by atomic mass is 35.5. The molecule has 0 aliphatic carbocycles. The molecule has 24 heavy (non-hydrogen) atoms. The fraction of sp³-hybridized carbons (Fsp3) is 0.158. The van der Waals surface area contributed by atoms with Crippen molar-refractivity contribution in [3.63, 3.8) is 0 Å². The van der Waals surface area contributed by atoms with Gasteiger partial charge in [-0.3, -0.25) is 0 Å². The Labute approximate surface area is 146 Å². The molecular weight excluding hydrogens is 320 g/mol. The first kappa shape index (κ1) is 15.0. The van der Waals surface area contributed by atoms with Gasteiger partial charge in [0.25, 0.3) is 0 Å². The van der Waals surface area contributed by atoms with Crippen molar-refractivity contribution in [2.75, 3.05) is 16.8 Å². The number of aromatic nitrogens is 2. The average Bonchev–Trinajstić information content (AvgIpc) is 3.05. The van der Waals surface area contributed by atoms with Crippen LogP contribution < -0.4 is 10.2 Å². The maximum atomic E-state index is 6.19. The van der Waals surface area contributed by atoms with Gasteiger partial charge < -0.3 is 10.2 Å². The number of anilines is 3. The predicted molar refractivity (Wildman–Crippen MR) is 98.0 cm³/mol. The van der Waals surface area contributed by atoms with E-state index in [2.05, 4.69) is 44.5 Å². The molecule has 4 nitrogen and oxygen atoms in total. The number of rotatable bonds is 4. The van der Waals surface area contributed by atoms with E-state index in [0.29, 0.717) is 12.5 Å². The standard InChI is InChI=1S/C19H17ClN4/c20-16-7-3-1-6-15(16)13-22-19-21-11-9-18(23-19)24-12-10-14-5-2-4-8-17(14)24/h1-9,11H,10,12-13H2,(H,21,22,23). The lowest BCUT2D eigenvalue weighted by atomic mass is 10.2. The van der Waals surface area contributed by atoms with Gasteiger partial charge in [-0.2, -0.15) is 4.98 Å². The molecule has 1 aromatic heterocycles. The topological polar surface area (TPSA) is 41.1 Å². The van der Waals surface area contributed by atoms with Gasteiger partial charge in [-0.25, -0.2) is 4.98 Å². The van der Waals surface area contributed by atoms with Crippen LogP contribution >= 0.6 is 11.6 Å². The molecule has 1 aliphatic rings. The fourth-order valence-corrected chi connectivity index (χ4v) is 3.18. The molecule has 0 unspecified atom stereocenters. The lowest BCUT2D eigenvalue weighted by Crippen LogP contribution is -2.16. The first-order valence-corrected chi connectivity index (χ1v) is 8.35. The van der Waals surface area contributed by atoms with Crippen molar-refractivity contribution >= 4 is 29.1 Å². The van der Waals surface area contributed by atoms with Gasteiger partial charge in [-0.15, -0.1) is 0 Å². The number of halogens is 1. The van der Waals surface area contributed by atoms with Gasteiger partial charge >= 0.3 is 0 Å². The highest BCUT2D eigenvalue weighted by Gasteiger charge is 2.20. The molecule has 0 saturated heterocycles. The second-order valence-corrected chi connectivity index (χ2v) is 6.12. The monoisotopic (exact) mass is 336 g/mol. The van der Waals surface area contributed by atoms with Crippen LogP contribution in [0.2, 0.25) is 5.02 Å². The summed E-state index contributed by atoms with van der Waals surface area (Å²) >= 11 is 6.19. The summed E-state index contributed by atoms with van der Waals surface area (Å²) < 4.78 is 0. The molecule has 2 heterocycles. The molecule has 120 valence electrons. The fourth-order valence-electron chi connectivity index (χ4n) is 2.98. The molecule has 2 aromatic carbocycles. The van der Waals surface area contributed by atoms with Gasteiger partial charge in [0.1, 0.15) is 5.82 Å². The maximum Gasteiger partial charge on any atom is 0.224 e. The molecule has 0 spiro atoms. The van der Waals surface area contributed by atoms with Crippen LogP contribution in [0.3, 0.4) is 0 Å². The zero-order valence-corrected chi connectivity index (χ0v) is 13.9. The Morgan fingerprint density at radius 2 is 1.88 bits per heavy atom. The summed E-state index contributed by atoms with van der Waals surface area (Å²) in [6, 6.07) is 18.2.